The Morgan fingerprint density at radius 2 is 1.53 bits per heavy atom. The van der Waals surface area contributed by atoms with Crippen LogP contribution in [0.3, 0.4) is 0 Å². The van der Waals surface area contributed by atoms with E-state index in [4.69, 9.17) is 9.47 Å². The Labute approximate surface area is 119 Å². The Morgan fingerprint density at radius 1 is 1.00 bits per heavy atom. The first kappa shape index (κ1) is 14.1. The number of hydrogen-bond donors (Lipinski definition) is 0. The van der Waals surface area contributed by atoms with Gasteiger partial charge in [0.25, 0.3) is 0 Å². The van der Waals surface area contributed by atoms with Crippen LogP contribution < -0.4 is 0 Å². The maximum absolute atomic E-state index is 6.21. The molecule has 1 aliphatic heterocycles. The zero-order chi connectivity index (χ0) is 12.6. The Hall–Kier alpha value is 0.650. The predicted molar refractivity (Wildman–Crippen MR) is 78.5 cm³/mol. The van der Waals surface area contributed by atoms with Crippen molar-refractivity contribution in [1.29, 1.82) is 0 Å². The fourth-order valence-electron chi connectivity index (χ4n) is 2.71. The van der Waals surface area contributed by atoms with Gasteiger partial charge in [0.15, 0.2) is 5.79 Å². The third-order valence-corrected chi connectivity index (χ3v) is 6.15. The van der Waals surface area contributed by atoms with Crippen molar-refractivity contribution in [1.82, 2.24) is 0 Å². The summed E-state index contributed by atoms with van der Waals surface area (Å²) in [7, 11) is 0. The Kier molecular flexibility index (Phi) is 4.11. The molecule has 0 unspecified atom stereocenters. The molecule has 2 rings (SSSR count). The standard InChI is InChI=1S/C14H25IO2/c1-12(2,3)13(9-15)10-16-14(17-11-13)7-5-4-6-8-14/h4-11H2,1-3H3. The average molecular weight is 352 g/mol. The summed E-state index contributed by atoms with van der Waals surface area (Å²) in [5, 5.41) is 0. The summed E-state index contributed by atoms with van der Waals surface area (Å²) >= 11 is 2.48. The van der Waals surface area contributed by atoms with E-state index in [0.717, 1.165) is 30.5 Å². The van der Waals surface area contributed by atoms with Crippen LogP contribution in [0, 0.1) is 10.8 Å². The molecule has 1 aliphatic carbocycles. The van der Waals surface area contributed by atoms with Gasteiger partial charge in [0.05, 0.1) is 13.2 Å². The van der Waals surface area contributed by atoms with Gasteiger partial charge in [-0.3, -0.25) is 0 Å². The van der Waals surface area contributed by atoms with Gasteiger partial charge in [-0.25, -0.2) is 0 Å². The summed E-state index contributed by atoms with van der Waals surface area (Å²) in [5.74, 6) is -0.223. The van der Waals surface area contributed by atoms with Crippen molar-refractivity contribution in [2.24, 2.45) is 10.8 Å². The molecule has 1 heterocycles. The van der Waals surface area contributed by atoms with Crippen molar-refractivity contribution in [3.8, 4) is 0 Å². The lowest BCUT2D eigenvalue weighted by Crippen LogP contribution is -2.56. The zero-order valence-electron chi connectivity index (χ0n) is 11.4. The second-order valence-electron chi connectivity index (χ2n) is 6.71. The molecule has 3 heteroatoms. The summed E-state index contributed by atoms with van der Waals surface area (Å²) in [6.45, 7) is 8.63. The van der Waals surface area contributed by atoms with E-state index in [9.17, 15) is 0 Å². The van der Waals surface area contributed by atoms with Crippen LogP contribution >= 0.6 is 22.6 Å². The van der Waals surface area contributed by atoms with Crippen LogP contribution in [-0.2, 0) is 9.47 Å². The largest absolute Gasteiger partial charge is 0.349 e. The molecule has 0 amide bonds. The highest BCUT2D eigenvalue weighted by atomic mass is 127. The van der Waals surface area contributed by atoms with E-state index < -0.39 is 0 Å². The number of rotatable bonds is 1. The molecule has 1 saturated carbocycles. The van der Waals surface area contributed by atoms with Crippen molar-refractivity contribution < 1.29 is 9.47 Å². The molecular weight excluding hydrogens is 327 g/mol. The molecule has 0 aromatic carbocycles. The topological polar surface area (TPSA) is 18.5 Å². The van der Waals surface area contributed by atoms with Gasteiger partial charge < -0.3 is 9.47 Å². The van der Waals surface area contributed by atoms with Gasteiger partial charge >= 0.3 is 0 Å². The molecule has 2 aliphatic rings. The molecular formula is C14H25IO2. The van der Waals surface area contributed by atoms with Crippen LogP contribution in [-0.4, -0.2) is 23.4 Å². The average Bonchev–Trinajstić information content (AvgIpc) is 2.30. The van der Waals surface area contributed by atoms with Crippen LogP contribution in [0.25, 0.3) is 0 Å². The minimum Gasteiger partial charge on any atom is -0.349 e. The SMILES string of the molecule is CC(C)(C)C1(CI)COC2(CCCCC2)OC1. The quantitative estimate of drug-likeness (QED) is 0.521. The normalized spacial score (nSPS) is 28.2. The van der Waals surface area contributed by atoms with Gasteiger partial charge in [-0.1, -0.05) is 49.8 Å². The van der Waals surface area contributed by atoms with Crippen molar-refractivity contribution in [3.63, 3.8) is 0 Å². The highest BCUT2D eigenvalue weighted by molar-refractivity contribution is 14.1. The molecule has 0 radical (unpaired) electrons. The second kappa shape index (κ2) is 4.97. The van der Waals surface area contributed by atoms with Crippen molar-refractivity contribution in [3.05, 3.63) is 0 Å². The fourth-order valence-corrected chi connectivity index (χ4v) is 4.30. The van der Waals surface area contributed by atoms with Crippen LogP contribution in [0.1, 0.15) is 52.9 Å². The summed E-state index contributed by atoms with van der Waals surface area (Å²) in [4.78, 5) is 0. The highest BCUT2D eigenvalue weighted by Crippen LogP contribution is 2.47. The van der Waals surface area contributed by atoms with Gasteiger partial charge in [-0.15, -0.1) is 0 Å². The number of hydrogen-bond acceptors (Lipinski definition) is 2. The van der Waals surface area contributed by atoms with Gasteiger partial charge in [0, 0.05) is 22.7 Å². The lowest BCUT2D eigenvalue weighted by atomic mass is 9.68. The number of alkyl halides is 1. The smallest absolute Gasteiger partial charge is 0.168 e. The van der Waals surface area contributed by atoms with E-state index in [1.165, 1.54) is 19.3 Å². The minimum atomic E-state index is -0.223. The van der Waals surface area contributed by atoms with Crippen molar-refractivity contribution in [2.45, 2.75) is 58.7 Å². The monoisotopic (exact) mass is 352 g/mol. The van der Waals surface area contributed by atoms with Crippen LogP contribution in [0.15, 0.2) is 0 Å². The molecule has 1 spiro atoms. The molecule has 0 aromatic heterocycles. The van der Waals surface area contributed by atoms with E-state index in [-0.39, 0.29) is 16.6 Å². The highest BCUT2D eigenvalue weighted by Gasteiger charge is 2.50. The first-order valence-electron chi connectivity index (χ1n) is 6.77. The fraction of sp³-hybridized carbons (Fsp3) is 1.00. The molecule has 100 valence electrons. The minimum absolute atomic E-state index is 0.177. The van der Waals surface area contributed by atoms with E-state index >= 15 is 0 Å². The third kappa shape index (κ3) is 2.66. The van der Waals surface area contributed by atoms with Gasteiger partial charge in [-0.05, 0) is 18.3 Å². The molecule has 1 saturated heterocycles. The van der Waals surface area contributed by atoms with E-state index in [0.29, 0.717) is 0 Å². The zero-order valence-corrected chi connectivity index (χ0v) is 13.5. The molecule has 0 aromatic rings. The molecule has 0 bridgehead atoms. The van der Waals surface area contributed by atoms with Crippen LogP contribution in [0.4, 0.5) is 0 Å². The first-order valence-corrected chi connectivity index (χ1v) is 8.30. The molecule has 17 heavy (non-hydrogen) atoms. The lowest BCUT2D eigenvalue weighted by Gasteiger charge is -2.52. The lowest BCUT2D eigenvalue weighted by molar-refractivity contribution is -0.323. The van der Waals surface area contributed by atoms with Crippen LogP contribution in [0.2, 0.25) is 0 Å². The Bertz CT molecular complexity index is 254. The summed E-state index contributed by atoms with van der Waals surface area (Å²) < 4.78 is 13.5. The van der Waals surface area contributed by atoms with Gasteiger partial charge in [0.1, 0.15) is 0 Å². The molecule has 2 nitrogen and oxygen atoms in total. The maximum Gasteiger partial charge on any atom is 0.168 e. The van der Waals surface area contributed by atoms with Crippen LogP contribution in [0.5, 0.6) is 0 Å². The Balaban J connectivity index is 2.05. The van der Waals surface area contributed by atoms with E-state index in [1.807, 2.05) is 0 Å². The maximum atomic E-state index is 6.21. The number of halogens is 1. The Morgan fingerprint density at radius 3 is 1.94 bits per heavy atom. The second-order valence-corrected chi connectivity index (χ2v) is 7.48. The van der Waals surface area contributed by atoms with Crippen molar-refractivity contribution in [2.75, 3.05) is 17.6 Å². The van der Waals surface area contributed by atoms with Gasteiger partial charge in [0.2, 0.25) is 0 Å². The van der Waals surface area contributed by atoms with E-state index in [2.05, 4.69) is 43.4 Å². The van der Waals surface area contributed by atoms with Gasteiger partial charge in [-0.2, -0.15) is 0 Å². The number of ether oxygens (including phenoxy) is 2. The molecule has 0 N–H and O–H groups in total. The first-order chi connectivity index (χ1) is 7.93. The predicted octanol–water partition coefficient (Wildman–Crippen LogP) is 4.16. The summed E-state index contributed by atoms with van der Waals surface area (Å²) in [6.07, 6.45) is 6.04. The molecule has 0 atom stereocenters. The summed E-state index contributed by atoms with van der Waals surface area (Å²) in [5.41, 5.74) is 0.417. The third-order valence-electron chi connectivity index (χ3n) is 4.69. The molecule has 2 fully saturated rings. The summed E-state index contributed by atoms with van der Waals surface area (Å²) in [6, 6.07) is 0. The van der Waals surface area contributed by atoms with E-state index in [1.54, 1.807) is 0 Å². The van der Waals surface area contributed by atoms with Crippen molar-refractivity contribution >= 4 is 22.6 Å².